The van der Waals surface area contributed by atoms with Crippen molar-refractivity contribution in [3.8, 4) is 5.75 Å². The minimum atomic E-state index is -0.223. The Morgan fingerprint density at radius 3 is 2.18 bits per heavy atom. The first-order valence-corrected chi connectivity index (χ1v) is 13.8. The first-order chi connectivity index (χ1) is 18.6. The Morgan fingerprint density at radius 2 is 1.42 bits per heavy atom. The van der Waals surface area contributed by atoms with E-state index in [4.69, 9.17) is 14.7 Å². The van der Waals surface area contributed by atoms with Crippen LogP contribution in [0.1, 0.15) is 46.0 Å². The summed E-state index contributed by atoms with van der Waals surface area (Å²) in [5.74, 6) is 0.876. The molecule has 0 N–H and O–H groups in total. The van der Waals surface area contributed by atoms with Crippen molar-refractivity contribution in [1.29, 1.82) is 0 Å². The molecule has 0 atom stereocenters. The van der Waals surface area contributed by atoms with Gasteiger partial charge in [-0.05, 0) is 100 Å². The van der Waals surface area contributed by atoms with Crippen molar-refractivity contribution in [1.82, 2.24) is 0 Å². The monoisotopic (exact) mass is 500 g/mol. The maximum Gasteiger partial charge on any atom is 0.137 e. The predicted molar refractivity (Wildman–Crippen MR) is 153 cm³/mol. The van der Waals surface area contributed by atoms with Gasteiger partial charge in [-0.25, -0.2) is 4.99 Å². The van der Waals surface area contributed by atoms with E-state index < -0.39 is 0 Å². The SMILES string of the molecule is CC(C)Oc1ccc(N2c3ccccc3N=c3cc4c(cc32)=NC2(CCCCC2)N4c2ccccc2)cc1. The van der Waals surface area contributed by atoms with Crippen LogP contribution in [0.15, 0.2) is 101 Å². The molecule has 0 amide bonds. The minimum absolute atomic E-state index is 0.139. The molecule has 2 aliphatic heterocycles. The number of ether oxygens (including phenoxy) is 1. The molecule has 0 unspecified atom stereocenters. The summed E-state index contributed by atoms with van der Waals surface area (Å²) in [5.41, 5.74) is 6.31. The summed E-state index contributed by atoms with van der Waals surface area (Å²) in [7, 11) is 0. The van der Waals surface area contributed by atoms with Gasteiger partial charge >= 0.3 is 0 Å². The number of hydrogen-bond acceptors (Lipinski definition) is 5. The lowest BCUT2D eigenvalue weighted by Gasteiger charge is -2.41. The standard InChI is InChI=1S/C33H32N4O/c1-23(2)38-26-17-15-24(16-18-26)36-30-14-8-7-13-27(30)34-28-21-32-29(22-31(28)36)35-33(19-9-4-10-20-33)37(32)25-11-5-3-6-12-25/h3,5-8,11-18,21-23H,4,9-10,19-20H2,1-2H3. The van der Waals surface area contributed by atoms with E-state index in [2.05, 4.69) is 115 Å². The lowest BCUT2D eigenvalue weighted by Crippen LogP contribution is -2.43. The molecule has 190 valence electrons. The molecule has 7 rings (SSSR count). The Kier molecular flexibility index (Phi) is 5.46. The first-order valence-electron chi connectivity index (χ1n) is 13.8. The zero-order valence-electron chi connectivity index (χ0n) is 22.0. The van der Waals surface area contributed by atoms with Crippen LogP contribution in [0.4, 0.5) is 34.1 Å². The van der Waals surface area contributed by atoms with Gasteiger partial charge in [-0.1, -0.05) is 36.8 Å². The number of para-hydroxylation sites is 3. The van der Waals surface area contributed by atoms with Gasteiger partial charge in [-0.2, -0.15) is 0 Å². The van der Waals surface area contributed by atoms with E-state index in [1.165, 1.54) is 24.9 Å². The summed E-state index contributed by atoms with van der Waals surface area (Å²) < 4.78 is 5.92. The zero-order chi connectivity index (χ0) is 25.7. The van der Waals surface area contributed by atoms with Gasteiger partial charge in [0.05, 0.1) is 39.6 Å². The molecule has 0 bridgehead atoms. The number of rotatable bonds is 4. The van der Waals surface area contributed by atoms with E-state index in [0.717, 1.165) is 57.7 Å². The average Bonchev–Trinajstić information content (AvgIpc) is 3.23. The molecular weight excluding hydrogens is 468 g/mol. The maximum absolute atomic E-state index is 5.92. The van der Waals surface area contributed by atoms with Gasteiger partial charge in [0.1, 0.15) is 11.4 Å². The van der Waals surface area contributed by atoms with Crippen molar-refractivity contribution in [2.75, 3.05) is 9.80 Å². The maximum atomic E-state index is 5.92. The van der Waals surface area contributed by atoms with E-state index >= 15 is 0 Å². The van der Waals surface area contributed by atoms with Crippen LogP contribution in [-0.4, -0.2) is 11.8 Å². The van der Waals surface area contributed by atoms with Crippen molar-refractivity contribution in [3.63, 3.8) is 0 Å². The van der Waals surface area contributed by atoms with Crippen molar-refractivity contribution in [2.24, 2.45) is 9.98 Å². The van der Waals surface area contributed by atoms with E-state index in [9.17, 15) is 0 Å². The fourth-order valence-electron chi connectivity index (χ4n) is 6.23. The summed E-state index contributed by atoms with van der Waals surface area (Å²) in [6.45, 7) is 4.10. The molecule has 38 heavy (non-hydrogen) atoms. The molecule has 0 aromatic heterocycles. The molecular formula is C33H32N4O. The number of fused-ring (bicyclic) bond motifs is 3. The normalized spacial score (nSPS) is 16.9. The molecule has 3 aliphatic rings. The third-order valence-corrected chi connectivity index (χ3v) is 7.80. The Hall–Kier alpha value is -4.12. The molecule has 1 aliphatic carbocycles. The summed E-state index contributed by atoms with van der Waals surface area (Å²) in [5, 5.41) is 2.02. The number of nitrogens with zero attached hydrogens (tertiary/aromatic N) is 4. The van der Waals surface area contributed by atoms with Crippen LogP contribution >= 0.6 is 0 Å². The van der Waals surface area contributed by atoms with Gasteiger partial charge in [0, 0.05) is 11.4 Å². The largest absolute Gasteiger partial charge is 0.491 e. The van der Waals surface area contributed by atoms with Gasteiger partial charge < -0.3 is 14.5 Å². The Balaban J connectivity index is 1.42. The summed E-state index contributed by atoms with van der Waals surface area (Å²) >= 11 is 0. The Morgan fingerprint density at radius 1 is 0.711 bits per heavy atom. The smallest absolute Gasteiger partial charge is 0.137 e. The van der Waals surface area contributed by atoms with Crippen molar-refractivity contribution >= 4 is 34.1 Å². The highest BCUT2D eigenvalue weighted by Crippen LogP contribution is 2.46. The summed E-state index contributed by atoms with van der Waals surface area (Å²) in [6, 6.07) is 32.0. The third-order valence-electron chi connectivity index (χ3n) is 7.80. The van der Waals surface area contributed by atoms with Crippen molar-refractivity contribution in [2.45, 2.75) is 57.7 Å². The van der Waals surface area contributed by atoms with Gasteiger partial charge in [0.15, 0.2) is 0 Å². The number of anilines is 5. The lowest BCUT2D eigenvalue weighted by molar-refractivity contribution is 0.242. The molecule has 1 spiro atoms. The van der Waals surface area contributed by atoms with Gasteiger partial charge in [0.2, 0.25) is 0 Å². The highest BCUT2D eigenvalue weighted by molar-refractivity contribution is 5.86. The fourth-order valence-corrected chi connectivity index (χ4v) is 6.23. The predicted octanol–water partition coefficient (Wildman–Crippen LogP) is 7.64. The minimum Gasteiger partial charge on any atom is -0.491 e. The van der Waals surface area contributed by atoms with Crippen LogP contribution in [0.3, 0.4) is 0 Å². The lowest BCUT2D eigenvalue weighted by atomic mass is 9.88. The van der Waals surface area contributed by atoms with E-state index in [1.807, 2.05) is 0 Å². The Bertz CT molecular complexity index is 1610. The molecule has 5 heteroatoms. The van der Waals surface area contributed by atoms with Crippen LogP contribution in [0.2, 0.25) is 0 Å². The quantitative estimate of drug-likeness (QED) is 0.255. The summed E-state index contributed by atoms with van der Waals surface area (Å²) in [4.78, 5) is 15.4. The molecule has 5 nitrogen and oxygen atoms in total. The molecule has 1 saturated carbocycles. The molecule has 0 radical (unpaired) electrons. The van der Waals surface area contributed by atoms with Gasteiger partial charge in [-0.3, -0.25) is 4.99 Å². The molecule has 2 heterocycles. The van der Waals surface area contributed by atoms with Crippen LogP contribution in [0.5, 0.6) is 5.75 Å². The van der Waals surface area contributed by atoms with Crippen LogP contribution < -0.4 is 25.3 Å². The van der Waals surface area contributed by atoms with Crippen molar-refractivity contribution < 1.29 is 4.74 Å². The topological polar surface area (TPSA) is 40.4 Å². The number of benzene rings is 4. The third kappa shape index (κ3) is 3.76. The molecule has 4 aromatic carbocycles. The van der Waals surface area contributed by atoms with Gasteiger partial charge in [0.25, 0.3) is 0 Å². The highest BCUT2D eigenvalue weighted by atomic mass is 16.5. The van der Waals surface area contributed by atoms with Crippen molar-refractivity contribution in [3.05, 3.63) is 102 Å². The second-order valence-electron chi connectivity index (χ2n) is 10.8. The van der Waals surface area contributed by atoms with E-state index in [0.29, 0.717) is 0 Å². The number of hydrogen-bond donors (Lipinski definition) is 0. The van der Waals surface area contributed by atoms with Crippen LogP contribution in [0, 0.1) is 0 Å². The molecule has 1 fully saturated rings. The van der Waals surface area contributed by atoms with E-state index in [1.54, 1.807) is 0 Å². The van der Waals surface area contributed by atoms with Gasteiger partial charge in [-0.15, -0.1) is 0 Å². The zero-order valence-corrected chi connectivity index (χ0v) is 22.0. The fraction of sp³-hybridized carbons (Fsp3) is 0.273. The second-order valence-corrected chi connectivity index (χ2v) is 10.8. The first kappa shape index (κ1) is 23.0. The molecule has 0 saturated heterocycles. The van der Waals surface area contributed by atoms with E-state index in [-0.39, 0.29) is 11.8 Å². The average molecular weight is 501 g/mol. The van der Waals surface area contributed by atoms with Crippen LogP contribution in [-0.2, 0) is 0 Å². The Labute approximate surface area is 223 Å². The second kappa shape index (κ2) is 9.02. The molecule has 4 aromatic rings. The van der Waals surface area contributed by atoms with Crippen LogP contribution in [0.25, 0.3) is 0 Å². The summed E-state index contributed by atoms with van der Waals surface area (Å²) in [6.07, 6.45) is 5.96. The highest BCUT2D eigenvalue weighted by Gasteiger charge is 2.43.